The number of hydrogen-bond donors (Lipinski definition) is 0. The molecule has 0 bridgehead atoms. The summed E-state index contributed by atoms with van der Waals surface area (Å²) in [6.07, 6.45) is 4.66. The molecule has 3 aromatic rings. The van der Waals surface area contributed by atoms with Crippen LogP contribution in [0.4, 0.5) is 5.69 Å². The van der Waals surface area contributed by atoms with Crippen molar-refractivity contribution in [3.05, 3.63) is 82.5 Å². The highest BCUT2D eigenvalue weighted by molar-refractivity contribution is 6.30. The third-order valence-corrected chi connectivity index (χ3v) is 6.28. The largest absolute Gasteiger partial charge is 0.339 e. The van der Waals surface area contributed by atoms with E-state index in [4.69, 9.17) is 16.1 Å². The van der Waals surface area contributed by atoms with Gasteiger partial charge in [-0.25, -0.2) is 0 Å². The van der Waals surface area contributed by atoms with Gasteiger partial charge in [0.2, 0.25) is 11.8 Å². The van der Waals surface area contributed by atoms with Crippen molar-refractivity contribution in [2.75, 3.05) is 25.0 Å². The second-order valence-corrected chi connectivity index (χ2v) is 8.72. The number of rotatable bonds is 8. The van der Waals surface area contributed by atoms with Crippen LogP contribution in [0.5, 0.6) is 0 Å². The van der Waals surface area contributed by atoms with Crippen LogP contribution < -0.4 is 4.90 Å². The minimum absolute atomic E-state index is 0.0328. The molecule has 172 valence electrons. The predicted molar refractivity (Wildman–Crippen MR) is 131 cm³/mol. The van der Waals surface area contributed by atoms with Gasteiger partial charge < -0.3 is 9.42 Å². The second kappa shape index (κ2) is 10.8. The Labute approximate surface area is 199 Å². The molecule has 1 aliphatic rings. The Bertz CT molecular complexity index is 1120. The average Bonchev–Trinajstić information content (AvgIpc) is 3.33. The molecule has 0 spiro atoms. The van der Waals surface area contributed by atoms with Crippen molar-refractivity contribution in [1.82, 2.24) is 15.0 Å². The molecule has 1 aromatic heterocycles. The minimum Gasteiger partial charge on any atom is -0.339 e. The number of para-hydroxylation sites is 1. The first kappa shape index (κ1) is 23.2. The van der Waals surface area contributed by atoms with E-state index in [-0.39, 0.29) is 5.91 Å². The molecule has 0 saturated carbocycles. The number of nitrogens with zero attached hydrogens (tertiary/aromatic N) is 4. The molecule has 2 aromatic carbocycles. The van der Waals surface area contributed by atoms with E-state index in [9.17, 15) is 4.79 Å². The number of anilines is 1. The lowest BCUT2D eigenvalue weighted by Crippen LogP contribution is -2.28. The molecule has 0 N–H and O–H groups in total. The van der Waals surface area contributed by atoms with Crippen LogP contribution >= 0.6 is 11.6 Å². The van der Waals surface area contributed by atoms with Gasteiger partial charge in [-0.05, 0) is 47.7 Å². The molecule has 6 nitrogen and oxygen atoms in total. The highest BCUT2D eigenvalue weighted by Gasteiger charge is 2.19. The van der Waals surface area contributed by atoms with E-state index in [0.717, 1.165) is 54.3 Å². The van der Waals surface area contributed by atoms with Gasteiger partial charge in [-0.2, -0.15) is 4.98 Å². The number of aromatic nitrogens is 2. The Balaban J connectivity index is 1.30. The van der Waals surface area contributed by atoms with Gasteiger partial charge in [-0.3, -0.25) is 9.69 Å². The van der Waals surface area contributed by atoms with Gasteiger partial charge in [-0.15, -0.1) is 0 Å². The van der Waals surface area contributed by atoms with Gasteiger partial charge in [-0.1, -0.05) is 60.1 Å². The number of benzene rings is 2. The zero-order valence-corrected chi connectivity index (χ0v) is 19.9. The quantitative estimate of drug-likeness (QED) is 0.460. The Morgan fingerprint density at radius 3 is 2.70 bits per heavy atom. The summed E-state index contributed by atoms with van der Waals surface area (Å²) in [5.41, 5.74) is 4.45. The van der Waals surface area contributed by atoms with Crippen molar-refractivity contribution in [2.45, 2.75) is 39.2 Å². The fourth-order valence-electron chi connectivity index (χ4n) is 4.05. The summed E-state index contributed by atoms with van der Waals surface area (Å²) >= 11 is 5.97. The maximum absolute atomic E-state index is 12.7. The molecule has 2 heterocycles. The second-order valence-electron chi connectivity index (χ2n) is 8.29. The van der Waals surface area contributed by atoms with E-state index in [0.29, 0.717) is 24.6 Å². The molecule has 0 saturated heterocycles. The molecule has 0 unspecified atom stereocenters. The summed E-state index contributed by atoms with van der Waals surface area (Å²) in [7, 11) is 1.82. The summed E-state index contributed by atoms with van der Waals surface area (Å²) in [6.45, 7) is 4.74. The third kappa shape index (κ3) is 5.89. The van der Waals surface area contributed by atoms with E-state index in [2.05, 4.69) is 46.2 Å². The lowest BCUT2D eigenvalue weighted by atomic mass is 10.1. The van der Waals surface area contributed by atoms with Gasteiger partial charge in [0.25, 0.3) is 0 Å². The van der Waals surface area contributed by atoms with Crippen molar-refractivity contribution < 1.29 is 9.32 Å². The molecule has 0 aliphatic carbocycles. The number of carbonyl (C=O) groups excluding carboxylic acids is 1. The van der Waals surface area contributed by atoms with Gasteiger partial charge in [0, 0.05) is 50.2 Å². The van der Waals surface area contributed by atoms with E-state index >= 15 is 0 Å². The maximum Gasteiger partial charge on any atom is 0.227 e. The van der Waals surface area contributed by atoms with E-state index < -0.39 is 0 Å². The molecule has 1 aliphatic heterocycles. The third-order valence-electron chi connectivity index (χ3n) is 6.03. The van der Waals surface area contributed by atoms with Crippen LogP contribution in [0, 0.1) is 0 Å². The van der Waals surface area contributed by atoms with Crippen LogP contribution in [0.1, 0.15) is 42.6 Å². The van der Waals surface area contributed by atoms with Crippen molar-refractivity contribution in [3.8, 4) is 0 Å². The summed E-state index contributed by atoms with van der Waals surface area (Å²) in [5, 5.41) is 4.91. The first-order chi connectivity index (χ1) is 16.0. The molecule has 7 heteroatoms. The Morgan fingerprint density at radius 2 is 1.97 bits per heavy atom. The Hall–Kier alpha value is -2.96. The number of amides is 1. The van der Waals surface area contributed by atoms with E-state index in [1.807, 2.05) is 37.4 Å². The van der Waals surface area contributed by atoms with Gasteiger partial charge in [0.15, 0.2) is 5.82 Å². The molecular formula is C26H29ClN4O2. The molecule has 0 fully saturated rings. The van der Waals surface area contributed by atoms with Crippen molar-refractivity contribution in [3.63, 3.8) is 0 Å². The Morgan fingerprint density at radius 1 is 1.18 bits per heavy atom. The van der Waals surface area contributed by atoms with E-state index in [1.54, 1.807) is 4.90 Å². The molecule has 0 atom stereocenters. The zero-order chi connectivity index (χ0) is 23.2. The fraction of sp³-hybridized carbons (Fsp3) is 0.346. The minimum atomic E-state index is 0.0328. The summed E-state index contributed by atoms with van der Waals surface area (Å²) in [5.74, 6) is 1.17. The van der Waals surface area contributed by atoms with E-state index in [1.165, 1.54) is 5.56 Å². The van der Waals surface area contributed by atoms with Crippen molar-refractivity contribution in [1.29, 1.82) is 0 Å². The molecule has 33 heavy (non-hydrogen) atoms. The van der Waals surface area contributed by atoms with Crippen molar-refractivity contribution in [2.24, 2.45) is 0 Å². The average molecular weight is 465 g/mol. The Kier molecular flexibility index (Phi) is 7.57. The van der Waals surface area contributed by atoms with Gasteiger partial charge in [0.05, 0.1) is 0 Å². The summed E-state index contributed by atoms with van der Waals surface area (Å²) in [4.78, 5) is 21.3. The smallest absolute Gasteiger partial charge is 0.227 e. The van der Waals surface area contributed by atoms with Crippen molar-refractivity contribution >= 4 is 28.8 Å². The summed E-state index contributed by atoms with van der Waals surface area (Å²) in [6, 6.07) is 16.0. The lowest BCUT2D eigenvalue weighted by molar-refractivity contribution is -0.118. The molecular weight excluding hydrogens is 436 g/mol. The first-order valence-electron chi connectivity index (χ1n) is 11.4. The lowest BCUT2D eigenvalue weighted by Gasteiger charge is -2.25. The number of carbonyl (C=O) groups is 1. The molecule has 1 amide bonds. The SMILES string of the molecule is CCc1ccccc1N(C)C(=O)CCc1nc(C2=CCN(Cc3ccc(Cl)cc3)CC2)no1. The number of halogens is 1. The standard InChI is InChI=1S/C26H29ClN4O2/c1-3-20-6-4-5-7-23(20)30(2)25(32)13-12-24-28-26(29-33-24)21-14-16-31(17-15-21)18-19-8-10-22(27)11-9-19/h4-11,14H,3,12-13,15-18H2,1-2H3. The predicted octanol–water partition coefficient (Wildman–Crippen LogP) is 5.17. The van der Waals surface area contributed by atoms with Crippen LogP contribution in [0.25, 0.3) is 5.57 Å². The monoisotopic (exact) mass is 464 g/mol. The fourth-order valence-corrected chi connectivity index (χ4v) is 4.17. The topological polar surface area (TPSA) is 62.5 Å². The van der Waals surface area contributed by atoms with Gasteiger partial charge in [0.1, 0.15) is 0 Å². The number of aryl methyl sites for hydroxylation is 2. The normalized spacial score (nSPS) is 14.2. The van der Waals surface area contributed by atoms with Crippen LogP contribution in [0.3, 0.4) is 0 Å². The number of hydrogen-bond acceptors (Lipinski definition) is 5. The van der Waals surface area contributed by atoms with Crippen LogP contribution in [-0.4, -0.2) is 41.1 Å². The zero-order valence-electron chi connectivity index (χ0n) is 19.1. The van der Waals surface area contributed by atoms with Crippen LogP contribution in [0.2, 0.25) is 5.02 Å². The van der Waals surface area contributed by atoms with Crippen LogP contribution in [-0.2, 0) is 24.2 Å². The maximum atomic E-state index is 12.7. The summed E-state index contributed by atoms with van der Waals surface area (Å²) < 4.78 is 5.43. The molecule has 4 rings (SSSR count). The molecule has 0 radical (unpaired) electrons. The highest BCUT2D eigenvalue weighted by Crippen LogP contribution is 2.23. The van der Waals surface area contributed by atoms with Gasteiger partial charge >= 0.3 is 0 Å². The first-order valence-corrected chi connectivity index (χ1v) is 11.7. The van der Waals surface area contributed by atoms with Crippen LogP contribution in [0.15, 0.2) is 59.1 Å². The highest BCUT2D eigenvalue weighted by atomic mass is 35.5.